The standard InChI is InChI=1S/C20H34N2O5.C14H18N2O4.C14H25NO4.C12H17NO5Si.C8H13NO2.C7H13NO2/c1-6-7-8-9-10-11-15(21-19(26)27-20(3,4)5)17(23)22-13-14(2)12-16(22)18(24)25;1-19-13(17)12-7-11(15)8-16(12)14(18)20-9-10-5-3-2-4-6-10;1-5-6-7-8-9-10-11(12(16)17)15-13(18)19-14(2,3)4;1-19(2,3)9-8-17-12(14)18-11-6-4-10(5-7-11)13(15)16;1-3-6-5-8(6,9)7(10)11-4-2;1-5-3-6(8-4-5)7(9)10-2/h6,14-16H,1,7-13H2,2-5H3,(H,21,26)(H,24,25);2-6,11-12H,7-9,15H2,1H3;5,11H,1,6-10H2,2-4H3,(H,15,18)(H,16,17);4-7H,8-9H2,1-3H3;3,6H,1,4-5,9H2,2H3;5-6,8H,3-4H2,1-2H3/t14-,15+,16+;11-,12+;11-;;6-,8-;5-,6+/m110.11/s1. The van der Waals surface area contributed by atoms with Gasteiger partial charge in [0.1, 0.15) is 59.3 Å². The molecule has 3 saturated heterocycles. The molecular formula is C75H120N8O22Si. The van der Waals surface area contributed by atoms with Gasteiger partial charge < -0.3 is 80.4 Å². The highest BCUT2D eigenvalue weighted by atomic mass is 28.3. The summed E-state index contributed by atoms with van der Waals surface area (Å²) >= 11 is 0. The van der Waals surface area contributed by atoms with Crippen LogP contribution in [0, 0.1) is 27.9 Å². The fourth-order valence-corrected chi connectivity index (χ4v) is 11.2. The van der Waals surface area contributed by atoms with E-state index in [9.17, 15) is 63.2 Å². The molecule has 596 valence electrons. The fraction of sp³-hybridized carbons (Fsp3) is 0.627. The van der Waals surface area contributed by atoms with E-state index in [1.807, 2.05) is 49.4 Å². The number of amides is 4. The monoisotopic (exact) mass is 1510 g/mol. The van der Waals surface area contributed by atoms with Crippen LogP contribution in [-0.4, -0.2) is 193 Å². The van der Waals surface area contributed by atoms with E-state index in [2.05, 4.69) is 71.7 Å². The van der Waals surface area contributed by atoms with Crippen LogP contribution in [0.3, 0.4) is 0 Å². The number of benzene rings is 2. The molecule has 30 nitrogen and oxygen atoms in total. The normalized spacial score (nSPS) is 20.2. The van der Waals surface area contributed by atoms with Gasteiger partial charge >= 0.3 is 54.3 Å². The molecule has 1 aliphatic carbocycles. The molecule has 4 fully saturated rings. The number of aliphatic carboxylic acids is 2. The summed E-state index contributed by atoms with van der Waals surface area (Å²) in [6, 6.07) is 12.0. The molecule has 9 N–H and O–H groups in total. The van der Waals surface area contributed by atoms with Crippen molar-refractivity contribution in [2.75, 3.05) is 47.1 Å². The maximum Gasteiger partial charge on any atom is 0.513 e. The Morgan fingerprint density at radius 3 is 1.73 bits per heavy atom. The number of rotatable bonds is 29. The molecule has 0 bridgehead atoms. The topological polar surface area (TPSA) is 423 Å². The smallest absolute Gasteiger partial charge is 0.480 e. The number of carboxylic acid groups (broad SMARTS) is 2. The number of carbonyl (C=O) groups excluding carboxylic acids is 8. The number of carboxylic acids is 2. The van der Waals surface area contributed by atoms with Crippen LogP contribution >= 0.6 is 0 Å². The number of carbonyl (C=O) groups is 10. The van der Waals surface area contributed by atoms with Crippen molar-refractivity contribution in [3.05, 3.63) is 108 Å². The van der Waals surface area contributed by atoms with Gasteiger partial charge in [0.05, 0.1) is 32.4 Å². The van der Waals surface area contributed by atoms with E-state index in [0.29, 0.717) is 64.3 Å². The summed E-state index contributed by atoms with van der Waals surface area (Å²) in [6.07, 6.45) is 13.1. The van der Waals surface area contributed by atoms with E-state index < -0.39 is 96.2 Å². The van der Waals surface area contributed by atoms with Crippen molar-refractivity contribution < 1.29 is 101 Å². The molecule has 106 heavy (non-hydrogen) atoms. The molecule has 10 atom stereocenters. The van der Waals surface area contributed by atoms with Gasteiger partial charge in [-0.25, -0.2) is 33.6 Å². The molecule has 2 aromatic carbocycles. The maximum absolute atomic E-state index is 13.0. The second-order valence-corrected chi connectivity index (χ2v) is 35.0. The first-order chi connectivity index (χ1) is 49.6. The molecular weight excluding hydrogens is 1390 g/mol. The number of nitrogens with zero attached hydrogens (tertiary/aromatic N) is 3. The Labute approximate surface area is 625 Å². The predicted molar refractivity (Wildman–Crippen MR) is 402 cm³/mol. The molecule has 2 aromatic rings. The van der Waals surface area contributed by atoms with Crippen LogP contribution in [0.4, 0.5) is 24.9 Å². The minimum Gasteiger partial charge on any atom is -0.480 e. The number of hydrogen-bond donors (Lipinski definition) is 7. The van der Waals surface area contributed by atoms with Gasteiger partial charge in [-0.15, -0.1) is 19.7 Å². The lowest BCUT2D eigenvalue weighted by molar-refractivity contribution is -0.384. The van der Waals surface area contributed by atoms with Crippen LogP contribution in [0.15, 0.2) is 92.6 Å². The van der Waals surface area contributed by atoms with Crippen LogP contribution in [0.25, 0.3) is 0 Å². The zero-order valence-electron chi connectivity index (χ0n) is 64.7. The Balaban J connectivity index is 0.000000653. The van der Waals surface area contributed by atoms with Crippen LogP contribution in [-0.2, 0) is 68.5 Å². The lowest BCUT2D eigenvalue weighted by Gasteiger charge is -2.28. The van der Waals surface area contributed by atoms with Crippen LogP contribution in [0.1, 0.15) is 158 Å². The van der Waals surface area contributed by atoms with Gasteiger partial charge in [-0.1, -0.05) is 108 Å². The second kappa shape index (κ2) is 48.3. The van der Waals surface area contributed by atoms with Gasteiger partial charge in [0, 0.05) is 45.3 Å². The van der Waals surface area contributed by atoms with Crippen molar-refractivity contribution in [1.29, 1.82) is 0 Å². The minimum atomic E-state index is -1.24. The number of alkyl carbamates (subject to hydrolysis) is 2. The second-order valence-electron chi connectivity index (χ2n) is 29.4. The van der Waals surface area contributed by atoms with E-state index in [0.717, 1.165) is 75.9 Å². The molecule has 4 amide bonds. The third kappa shape index (κ3) is 39.4. The average molecular weight is 1510 g/mol. The largest absolute Gasteiger partial charge is 0.513 e. The molecule has 3 heterocycles. The number of unbranched alkanes of at least 4 members (excludes halogenated alkanes) is 6. The van der Waals surface area contributed by atoms with Gasteiger partial charge in [-0.05, 0) is 155 Å². The number of likely N-dealkylation sites (tertiary alicyclic amines) is 2. The van der Waals surface area contributed by atoms with Crippen molar-refractivity contribution in [2.24, 2.45) is 29.2 Å². The summed E-state index contributed by atoms with van der Waals surface area (Å²) in [7, 11) is 1.47. The predicted octanol–water partition coefficient (Wildman–Crippen LogP) is 11.4. The molecule has 0 spiro atoms. The summed E-state index contributed by atoms with van der Waals surface area (Å²) in [5.41, 5.74) is 10.3. The first-order valence-corrected chi connectivity index (χ1v) is 39.6. The Hall–Kier alpha value is -8.94. The minimum absolute atomic E-state index is 0.0556. The quantitative estimate of drug-likeness (QED) is 0.00581. The number of nitrogens with one attached hydrogen (secondary N) is 3. The van der Waals surface area contributed by atoms with Crippen molar-refractivity contribution in [3.8, 4) is 5.75 Å². The number of non-ortho nitro benzene ring substituents is 1. The lowest BCUT2D eigenvalue weighted by Crippen LogP contribution is -2.52. The van der Waals surface area contributed by atoms with E-state index in [1.165, 1.54) is 48.3 Å². The third-order valence-electron chi connectivity index (χ3n) is 16.3. The van der Waals surface area contributed by atoms with Crippen LogP contribution < -0.4 is 32.2 Å². The fourth-order valence-electron chi connectivity index (χ4n) is 10.5. The van der Waals surface area contributed by atoms with E-state index >= 15 is 0 Å². The van der Waals surface area contributed by atoms with Crippen molar-refractivity contribution >= 4 is 74.0 Å². The summed E-state index contributed by atoms with van der Waals surface area (Å²) in [4.78, 5) is 129. The number of allylic oxidation sites excluding steroid dienone is 2. The number of esters is 3. The summed E-state index contributed by atoms with van der Waals surface area (Å²) in [5, 5.41) is 37.0. The Morgan fingerprint density at radius 1 is 0.726 bits per heavy atom. The molecule has 0 aromatic heterocycles. The molecule has 6 rings (SSSR count). The van der Waals surface area contributed by atoms with Gasteiger partial charge in [0.2, 0.25) is 5.91 Å². The molecule has 4 aliphatic rings. The molecule has 3 aliphatic heterocycles. The van der Waals surface area contributed by atoms with Crippen molar-refractivity contribution in [1.82, 2.24) is 25.8 Å². The number of nitro groups is 1. The summed E-state index contributed by atoms with van der Waals surface area (Å²) in [6.45, 7) is 36.2. The number of methoxy groups -OCH3 is 2. The molecule has 1 saturated carbocycles. The van der Waals surface area contributed by atoms with E-state index in [1.54, 1.807) is 54.5 Å². The van der Waals surface area contributed by atoms with Crippen molar-refractivity contribution in [2.45, 2.75) is 237 Å². The Morgan fingerprint density at radius 2 is 1.27 bits per heavy atom. The zero-order chi connectivity index (χ0) is 80.5. The van der Waals surface area contributed by atoms with Crippen LogP contribution in [0.5, 0.6) is 5.75 Å². The number of ether oxygens (including phenoxy) is 8. The Kier molecular flexibility index (Phi) is 43.3. The Bertz CT molecular complexity index is 3120. The average Bonchev–Trinajstić information content (AvgIpc) is 1.61. The third-order valence-corrected chi connectivity index (χ3v) is 18.0. The van der Waals surface area contributed by atoms with E-state index in [4.69, 9.17) is 45.0 Å². The highest BCUT2D eigenvalue weighted by Gasteiger charge is 2.56. The van der Waals surface area contributed by atoms with Gasteiger partial charge in [-0.3, -0.25) is 29.4 Å². The SMILES string of the molecule is C=CCCCCC[C@H](NC(=O)OC(C)(C)C)C(=O)N1C[C@H](C)C[C@H]1C(=O)O.C=CCCCCC[C@H](NC(=O)OC(C)(C)C)C(=O)O.C=C[C@@H]1C[C@]1(N)C(=O)OCC.COC(=O)[C@@H]1C[C@@H](C)CN1.COC(=O)[C@@H]1C[C@@H](N)CN1C(=O)OCc1ccccc1.C[Si](C)(C)CCOC(=O)Oc1ccc([N+](=O)[O-])cc1. The number of nitrogens with two attached hydrogens (primary N) is 2. The number of nitro benzene ring substituents is 1. The summed E-state index contributed by atoms with van der Waals surface area (Å²) in [5.74, 6) is -2.23. The van der Waals surface area contributed by atoms with Crippen LogP contribution in [0.2, 0.25) is 25.7 Å². The highest BCUT2D eigenvalue weighted by molar-refractivity contribution is 6.76. The highest BCUT2D eigenvalue weighted by Crippen LogP contribution is 2.42. The molecule has 0 radical (unpaired) electrons. The van der Waals surface area contributed by atoms with Crippen molar-refractivity contribution in [3.63, 3.8) is 0 Å². The summed E-state index contributed by atoms with van der Waals surface area (Å²) < 4.78 is 39.4. The maximum atomic E-state index is 13.0. The molecule has 31 heteroatoms. The van der Waals surface area contributed by atoms with E-state index in [-0.39, 0.29) is 59.8 Å². The van der Waals surface area contributed by atoms with Gasteiger partial charge in [-0.2, -0.15) is 0 Å². The first-order valence-electron chi connectivity index (χ1n) is 35.9. The number of hydrogen-bond acceptors (Lipinski definition) is 23. The van der Waals surface area contributed by atoms with Gasteiger partial charge in [0.15, 0.2) is 0 Å². The van der Waals surface area contributed by atoms with Gasteiger partial charge in [0.25, 0.3) is 5.69 Å². The molecule has 0 unspecified atom stereocenters. The lowest BCUT2D eigenvalue weighted by atomic mass is 10.1. The first kappa shape index (κ1) is 95.1. The zero-order valence-corrected chi connectivity index (χ0v) is 65.7.